The van der Waals surface area contributed by atoms with Crippen molar-refractivity contribution in [2.45, 2.75) is 27.7 Å². The van der Waals surface area contributed by atoms with Crippen LogP contribution in [-0.4, -0.2) is 35.0 Å². The average Bonchev–Trinajstić information content (AvgIpc) is 2.26. The third-order valence-corrected chi connectivity index (χ3v) is 2.40. The molecule has 1 heterocycles. The summed E-state index contributed by atoms with van der Waals surface area (Å²) in [5.74, 6) is 0.601. The fourth-order valence-electron chi connectivity index (χ4n) is 1.90. The van der Waals surface area contributed by atoms with Crippen molar-refractivity contribution < 1.29 is 4.92 Å². The van der Waals surface area contributed by atoms with E-state index in [1.54, 1.807) is 11.9 Å². The van der Waals surface area contributed by atoms with Gasteiger partial charge in [0, 0.05) is 20.1 Å². The normalized spacial score (nSPS) is 11.2. The zero-order valence-electron chi connectivity index (χ0n) is 12.1. The van der Waals surface area contributed by atoms with Crippen molar-refractivity contribution in [3.8, 4) is 0 Å². The third kappa shape index (κ3) is 4.04. The van der Waals surface area contributed by atoms with E-state index in [0.717, 1.165) is 0 Å². The molecule has 1 N–H and O–H groups in total. The van der Waals surface area contributed by atoms with Crippen molar-refractivity contribution in [1.29, 1.82) is 0 Å². The van der Waals surface area contributed by atoms with Gasteiger partial charge in [0.05, 0.1) is 4.92 Å². The molecule has 0 amide bonds. The van der Waals surface area contributed by atoms with Crippen LogP contribution in [0.5, 0.6) is 0 Å². The average molecular weight is 267 g/mol. The highest BCUT2D eigenvalue weighted by molar-refractivity contribution is 5.70. The molecule has 0 bridgehead atoms. The maximum absolute atomic E-state index is 11.2. The predicted molar refractivity (Wildman–Crippen MR) is 75.6 cm³/mol. The molecular weight excluding hydrogens is 246 g/mol. The molecule has 1 rings (SSSR count). The first-order chi connectivity index (χ1) is 8.76. The molecule has 19 heavy (non-hydrogen) atoms. The van der Waals surface area contributed by atoms with Crippen LogP contribution in [0.4, 0.5) is 17.3 Å². The number of aromatic nitrogens is 2. The standard InChI is InChI=1S/C12H21N5O2/c1-6-13-10-9(17(18)19)11(15-8-14-10)16(5)7-12(2,3)4/h8H,6-7H2,1-5H3,(H,13,14,15). The topological polar surface area (TPSA) is 84.2 Å². The summed E-state index contributed by atoms with van der Waals surface area (Å²) in [6.45, 7) is 9.31. The van der Waals surface area contributed by atoms with Gasteiger partial charge in [-0.1, -0.05) is 20.8 Å². The van der Waals surface area contributed by atoms with E-state index >= 15 is 0 Å². The van der Waals surface area contributed by atoms with Crippen LogP contribution in [-0.2, 0) is 0 Å². The Balaban J connectivity index is 3.19. The summed E-state index contributed by atoms with van der Waals surface area (Å²) in [6, 6.07) is 0. The lowest BCUT2D eigenvalue weighted by Gasteiger charge is -2.27. The summed E-state index contributed by atoms with van der Waals surface area (Å²) < 4.78 is 0. The minimum atomic E-state index is -0.438. The molecule has 0 saturated carbocycles. The summed E-state index contributed by atoms with van der Waals surface area (Å²) in [6.07, 6.45) is 1.35. The van der Waals surface area contributed by atoms with Crippen LogP contribution in [0.2, 0.25) is 0 Å². The van der Waals surface area contributed by atoms with Gasteiger partial charge in [0.25, 0.3) is 0 Å². The van der Waals surface area contributed by atoms with Crippen LogP contribution >= 0.6 is 0 Å². The van der Waals surface area contributed by atoms with Gasteiger partial charge in [-0.05, 0) is 12.3 Å². The number of nitrogens with zero attached hydrogens (tertiary/aromatic N) is 4. The first-order valence-corrected chi connectivity index (χ1v) is 6.20. The summed E-state index contributed by atoms with van der Waals surface area (Å²) in [4.78, 5) is 20.6. The molecule has 1 aromatic rings. The van der Waals surface area contributed by atoms with Crippen LogP contribution < -0.4 is 10.2 Å². The second-order valence-corrected chi connectivity index (χ2v) is 5.60. The van der Waals surface area contributed by atoms with Crippen molar-refractivity contribution in [2.75, 3.05) is 30.4 Å². The van der Waals surface area contributed by atoms with Crippen molar-refractivity contribution in [2.24, 2.45) is 5.41 Å². The molecule has 0 aliphatic carbocycles. The molecule has 0 aliphatic rings. The summed E-state index contributed by atoms with van der Waals surface area (Å²) in [7, 11) is 1.80. The van der Waals surface area contributed by atoms with E-state index in [4.69, 9.17) is 0 Å². The van der Waals surface area contributed by atoms with Crippen molar-refractivity contribution in [3.63, 3.8) is 0 Å². The number of hydrogen-bond donors (Lipinski definition) is 1. The van der Waals surface area contributed by atoms with Crippen LogP contribution in [0, 0.1) is 15.5 Å². The Labute approximate surface area is 113 Å². The quantitative estimate of drug-likeness (QED) is 0.651. The lowest BCUT2D eigenvalue weighted by Crippen LogP contribution is -2.30. The zero-order valence-corrected chi connectivity index (χ0v) is 12.1. The highest BCUT2D eigenvalue weighted by Crippen LogP contribution is 2.32. The Hall–Kier alpha value is -1.92. The van der Waals surface area contributed by atoms with Crippen LogP contribution in [0.25, 0.3) is 0 Å². The number of rotatable bonds is 5. The molecule has 0 radical (unpaired) electrons. The first kappa shape index (κ1) is 15.1. The highest BCUT2D eigenvalue weighted by atomic mass is 16.6. The molecule has 0 aromatic carbocycles. The lowest BCUT2D eigenvalue weighted by atomic mass is 9.96. The van der Waals surface area contributed by atoms with E-state index < -0.39 is 4.92 Å². The molecule has 1 aromatic heterocycles. The van der Waals surface area contributed by atoms with Gasteiger partial charge in [-0.3, -0.25) is 10.1 Å². The Bertz CT molecular complexity index is 456. The van der Waals surface area contributed by atoms with Gasteiger partial charge in [0.15, 0.2) is 0 Å². The fraction of sp³-hybridized carbons (Fsp3) is 0.667. The van der Waals surface area contributed by atoms with E-state index in [1.165, 1.54) is 6.33 Å². The Kier molecular flexibility index (Phi) is 4.63. The largest absolute Gasteiger partial charge is 0.364 e. The monoisotopic (exact) mass is 267 g/mol. The molecule has 0 unspecified atom stereocenters. The zero-order chi connectivity index (χ0) is 14.6. The molecule has 106 valence electrons. The van der Waals surface area contributed by atoms with E-state index in [2.05, 4.69) is 36.1 Å². The van der Waals surface area contributed by atoms with E-state index in [9.17, 15) is 10.1 Å². The second kappa shape index (κ2) is 5.81. The molecule has 0 spiro atoms. The van der Waals surface area contributed by atoms with Crippen LogP contribution in [0.1, 0.15) is 27.7 Å². The Morgan fingerprint density at radius 1 is 1.42 bits per heavy atom. The second-order valence-electron chi connectivity index (χ2n) is 5.60. The number of anilines is 2. The maximum Gasteiger partial charge on any atom is 0.353 e. The van der Waals surface area contributed by atoms with Crippen LogP contribution in [0.15, 0.2) is 6.33 Å². The predicted octanol–water partition coefficient (Wildman–Crippen LogP) is 2.30. The maximum atomic E-state index is 11.2. The smallest absolute Gasteiger partial charge is 0.353 e. The summed E-state index contributed by atoms with van der Waals surface area (Å²) >= 11 is 0. The van der Waals surface area contributed by atoms with Crippen molar-refractivity contribution in [1.82, 2.24) is 9.97 Å². The van der Waals surface area contributed by atoms with Gasteiger partial charge in [-0.2, -0.15) is 0 Å². The van der Waals surface area contributed by atoms with E-state index in [1.807, 2.05) is 6.92 Å². The van der Waals surface area contributed by atoms with Gasteiger partial charge < -0.3 is 10.2 Å². The van der Waals surface area contributed by atoms with Gasteiger partial charge in [-0.15, -0.1) is 0 Å². The molecule has 0 saturated heterocycles. The molecule has 0 fully saturated rings. The van der Waals surface area contributed by atoms with E-state index in [-0.39, 0.29) is 16.9 Å². The van der Waals surface area contributed by atoms with Crippen molar-refractivity contribution in [3.05, 3.63) is 16.4 Å². The molecule has 0 atom stereocenters. The van der Waals surface area contributed by atoms with Gasteiger partial charge in [-0.25, -0.2) is 9.97 Å². The molecular formula is C12H21N5O2. The minimum absolute atomic E-state index is 0.0198. The number of hydrogen-bond acceptors (Lipinski definition) is 6. The molecule has 7 heteroatoms. The fourth-order valence-corrected chi connectivity index (χ4v) is 1.90. The highest BCUT2D eigenvalue weighted by Gasteiger charge is 2.27. The summed E-state index contributed by atoms with van der Waals surface area (Å²) in [5, 5.41) is 14.1. The van der Waals surface area contributed by atoms with Crippen LogP contribution in [0.3, 0.4) is 0 Å². The molecule has 0 aliphatic heterocycles. The Morgan fingerprint density at radius 3 is 2.53 bits per heavy atom. The number of nitro groups is 1. The van der Waals surface area contributed by atoms with Crippen molar-refractivity contribution >= 4 is 17.3 Å². The number of nitrogens with one attached hydrogen (secondary N) is 1. The first-order valence-electron chi connectivity index (χ1n) is 6.20. The molecule has 7 nitrogen and oxygen atoms in total. The van der Waals surface area contributed by atoms with Gasteiger partial charge in [0.2, 0.25) is 11.6 Å². The van der Waals surface area contributed by atoms with Gasteiger partial charge >= 0.3 is 5.69 Å². The summed E-state index contributed by atoms with van der Waals surface area (Å²) in [5.41, 5.74) is -0.0533. The third-order valence-electron chi connectivity index (χ3n) is 2.40. The minimum Gasteiger partial charge on any atom is -0.364 e. The Morgan fingerprint density at radius 2 is 2.05 bits per heavy atom. The SMILES string of the molecule is CCNc1ncnc(N(C)CC(C)(C)C)c1[N+](=O)[O-]. The lowest BCUT2D eigenvalue weighted by molar-refractivity contribution is -0.383. The van der Waals surface area contributed by atoms with Gasteiger partial charge in [0.1, 0.15) is 6.33 Å². The van der Waals surface area contributed by atoms with E-state index in [0.29, 0.717) is 18.9 Å².